The summed E-state index contributed by atoms with van der Waals surface area (Å²) in [5.41, 5.74) is 9.71. The lowest BCUT2D eigenvalue weighted by atomic mass is 9.89. The van der Waals surface area contributed by atoms with Crippen LogP contribution in [0.25, 0.3) is 11.1 Å². The van der Waals surface area contributed by atoms with E-state index in [4.69, 9.17) is 5.73 Å². The quantitative estimate of drug-likeness (QED) is 0.878. The van der Waals surface area contributed by atoms with Gasteiger partial charge in [0.15, 0.2) is 0 Å². The van der Waals surface area contributed by atoms with Crippen molar-refractivity contribution < 1.29 is 9.90 Å². The van der Waals surface area contributed by atoms with E-state index in [2.05, 4.69) is 27.7 Å². The van der Waals surface area contributed by atoms with Crippen LogP contribution in [0.3, 0.4) is 0 Å². The number of phenolic OH excluding ortho intramolecular Hbond substituents is 1. The Morgan fingerprint density at radius 2 is 1.36 bits per heavy atom. The number of amides is 1. The SMILES string of the molecule is CC(C)c1cc(-c2ccc(C(N)=O)cc2)cc(C(C)C)c1O. The summed E-state index contributed by atoms with van der Waals surface area (Å²) in [5, 5.41) is 10.5. The van der Waals surface area contributed by atoms with E-state index in [9.17, 15) is 9.90 Å². The van der Waals surface area contributed by atoms with Gasteiger partial charge in [0.1, 0.15) is 5.75 Å². The van der Waals surface area contributed by atoms with Crippen LogP contribution in [0.4, 0.5) is 0 Å². The van der Waals surface area contributed by atoms with Crippen LogP contribution in [0.15, 0.2) is 36.4 Å². The van der Waals surface area contributed by atoms with Crippen LogP contribution in [0, 0.1) is 0 Å². The van der Waals surface area contributed by atoms with Crippen molar-refractivity contribution in [3.63, 3.8) is 0 Å². The standard InChI is InChI=1S/C19H23NO2/c1-11(2)16-9-15(10-17(12(3)4)18(16)21)13-5-7-14(8-6-13)19(20)22/h5-12,21H,1-4H3,(H2,20,22). The normalized spacial score (nSPS) is 11.2. The second kappa shape index (κ2) is 6.22. The van der Waals surface area contributed by atoms with E-state index >= 15 is 0 Å². The van der Waals surface area contributed by atoms with Crippen molar-refractivity contribution in [2.45, 2.75) is 39.5 Å². The van der Waals surface area contributed by atoms with Crippen molar-refractivity contribution in [2.24, 2.45) is 5.73 Å². The molecule has 0 aliphatic heterocycles. The summed E-state index contributed by atoms with van der Waals surface area (Å²) in [5.74, 6) is 0.440. The maximum absolute atomic E-state index is 11.2. The molecule has 3 nitrogen and oxygen atoms in total. The van der Waals surface area contributed by atoms with Crippen LogP contribution in [-0.4, -0.2) is 11.0 Å². The van der Waals surface area contributed by atoms with Crippen molar-refractivity contribution in [3.05, 3.63) is 53.1 Å². The molecular weight excluding hydrogens is 274 g/mol. The van der Waals surface area contributed by atoms with Gasteiger partial charge in [-0.2, -0.15) is 0 Å². The van der Waals surface area contributed by atoms with Crippen molar-refractivity contribution in [1.82, 2.24) is 0 Å². The van der Waals surface area contributed by atoms with Crippen molar-refractivity contribution >= 4 is 5.91 Å². The number of primary amides is 1. The van der Waals surface area contributed by atoms with Gasteiger partial charge in [-0.25, -0.2) is 0 Å². The second-order valence-electron chi connectivity index (χ2n) is 6.25. The molecule has 116 valence electrons. The van der Waals surface area contributed by atoms with Gasteiger partial charge in [0.25, 0.3) is 0 Å². The predicted octanol–water partition coefficient (Wildman–Crippen LogP) is 4.40. The lowest BCUT2D eigenvalue weighted by molar-refractivity contribution is 0.100. The molecule has 2 rings (SSSR count). The molecule has 0 bridgehead atoms. The van der Waals surface area contributed by atoms with Crippen LogP contribution in [0.5, 0.6) is 5.75 Å². The molecule has 0 saturated carbocycles. The van der Waals surface area contributed by atoms with Gasteiger partial charge in [-0.1, -0.05) is 39.8 Å². The minimum absolute atomic E-state index is 0.238. The average molecular weight is 297 g/mol. The Kier molecular flexibility index (Phi) is 4.55. The van der Waals surface area contributed by atoms with Gasteiger partial charge < -0.3 is 10.8 Å². The van der Waals surface area contributed by atoms with Crippen molar-refractivity contribution in [1.29, 1.82) is 0 Å². The first-order valence-corrected chi connectivity index (χ1v) is 7.58. The Bertz CT molecular complexity index is 656. The summed E-state index contributed by atoms with van der Waals surface area (Å²) in [7, 11) is 0. The number of nitrogens with two attached hydrogens (primary N) is 1. The number of phenols is 1. The van der Waals surface area contributed by atoms with Crippen LogP contribution >= 0.6 is 0 Å². The Morgan fingerprint density at radius 1 is 0.909 bits per heavy atom. The highest BCUT2D eigenvalue weighted by Crippen LogP contribution is 2.37. The summed E-state index contributed by atoms with van der Waals surface area (Å²) in [6.45, 7) is 8.27. The first-order valence-electron chi connectivity index (χ1n) is 7.58. The molecule has 3 heteroatoms. The van der Waals surface area contributed by atoms with Crippen LogP contribution < -0.4 is 5.73 Å². The number of rotatable bonds is 4. The molecule has 0 radical (unpaired) electrons. The number of hydrogen-bond donors (Lipinski definition) is 2. The van der Waals surface area contributed by atoms with Crippen LogP contribution in [0.2, 0.25) is 0 Å². The smallest absolute Gasteiger partial charge is 0.248 e. The molecule has 0 aromatic heterocycles. The van der Waals surface area contributed by atoms with Crippen LogP contribution in [0.1, 0.15) is 61.0 Å². The number of carbonyl (C=O) groups is 1. The third kappa shape index (κ3) is 3.14. The average Bonchev–Trinajstić information content (AvgIpc) is 2.47. The van der Waals surface area contributed by atoms with E-state index in [-0.39, 0.29) is 11.8 Å². The zero-order valence-electron chi connectivity index (χ0n) is 13.6. The molecule has 0 unspecified atom stereocenters. The van der Waals surface area contributed by atoms with Gasteiger partial charge in [0, 0.05) is 5.56 Å². The molecule has 0 spiro atoms. The lowest BCUT2D eigenvalue weighted by Crippen LogP contribution is -2.10. The lowest BCUT2D eigenvalue weighted by Gasteiger charge is -2.17. The Morgan fingerprint density at radius 3 is 1.73 bits per heavy atom. The zero-order valence-corrected chi connectivity index (χ0v) is 13.6. The number of benzene rings is 2. The van der Waals surface area contributed by atoms with Gasteiger partial charge in [-0.3, -0.25) is 4.79 Å². The maximum atomic E-state index is 11.2. The summed E-state index contributed by atoms with van der Waals surface area (Å²) < 4.78 is 0. The third-order valence-electron chi connectivity index (χ3n) is 3.92. The van der Waals surface area contributed by atoms with Gasteiger partial charge in [0.05, 0.1) is 0 Å². The highest BCUT2D eigenvalue weighted by Gasteiger charge is 2.15. The van der Waals surface area contributed by atoms with E-state index < -0.39 is 5.91 Å². The molecule has 0 saturated heterocycles. The first-order chi connectivity index (χ1) is 10.3. The Balaban J connectivity index is 2.57. The fraction of sp³-hybridized carbons (Fsp3) is 0.316. The fourth-order valence-corrected chi connectivity index (χ4v) is 2.55. The van der Waals surface area contributed by atoms with E-state index in [1.165, 1.54) is 0 Å². The molecule has 0 fully saturated rings. The molecule has 2 aromatic rings. The largest absolute Gasteiger partial charge is 0.507 e. The van der Waals surface area contributed by atoms with Gasteiger partial charge in [-0.05, 0) is 58.4 Å². The van der Waals surface area contributed by atoms with Crippen molar-refractivity contribution in [2.75, 3.05) is 0 Å². The van der Waals surface area contributed by atoms with E-state index in [0.717, 1.165) is 22.3 Å². The summed E-state index contributed by atoms with van der Waals surface area (Å²) >= 11 is 0. The van der Waals surface area contributed by atoms with E-state index in [0.29, 0.717) is 11.3 Å². The monoisotopic (exact) mass is 297 g/mol. The summed E-state index contributed by atoms with van der Waals surface area (Å²) in [4.78, 5) is 11.2. The number of hydrogen-bond acceptors (Lipinski definition) is 2. The molecule has 0 atom stereocenters. The molecule has 0 heterocycles. The third-order valence-corrected chi connectivity index (χ3v) is 3.92. The summed E-state index contributed by atoms with van der Waals surface area (Å²) in [6.07, 6.45) is 0. The molecule has 2 aromatic carbocycles. The number of aromatic hydroxyl groups is 1. The Hall–Kier alpha value is -2.29. The van der Waals surface area contributed by atoms with Gasteiger partial charge in [0.2, 0.25) is 5.91 Å². The molecular formula is C19H23NO2. The van der Waals surface area contributed by atoms with Gasteiger partial charge in [-0.15, -0.1) is 0 Å². The molecule has 0 aliphatic rings. The van der Waals surface area contributed by atoms with Gasteiger partial charge >= 0.3 is 0 Å². The molecule has 0 aliphatic carbocycles. The van der Waals surface area contributed by atoms with Crippen LogP contribution in [-0.2, 0) is 0 Å². The minimum Gasteiger partial charge on any atom is -0.507 e. The summed E-state index contributed by atoms with van der Waals surface area (Å²) in [6, 6.07) is 11.3. The van der Waals surface area contributed by atoms with E-state index in [1.54, 1.807) is 12.1 Å². The molecule has 3 N–H and O–H groups in total. The predicted molar refractivity (Wildman–Crippen MR) is 90.2 cm³/mol. The molecule has 1 amide bonds. The highest BCUT2D eigenvalue weighted by atomic mass is 16.3. The fourth-order valence-electron chi connectivity index (χ4n) is 2.55. The number of carbonyl (C=O) groups excluding carboxylic acids is 1. The maximum Gasteiger partial charge on any atom is 0.248 e. The topological polar surface area (TPSA) is 63.3 Å². The van der Waals surface area contributed by atoms with Crippen molar-refractivity contribution in [3.8, 4) is 16.9 Å². The Labute approximate surface area is 131 Å². The second-order valence-corrected chi connectivity index (χ2v) is 6.25. The van der Waals surface area contributed by atoms with E-state index in [1.807, 2.05) is 24.3 Å². The first kappa shape index (κ1) is 16.1. The minimum atomic E-state index is -0.428. The molecule has 22 heavy (non-hydrogen) atoms. The zero-order chi connectivity index (χ0) is 16.4. The highest BCUT2D eigenvalue weighted by molar-refractivity contribution is 5.93.